The van der Waals surface area contributed by atoms with Gasteiger partial charge in [0.05, 0.1) is 5.56 Å². The lowest BCUT2D eigenvalue weighted by atomic mass is 10.2. The largest absolute Gasteiger partial charge is 0.317 e. The average Bonchev–Trinajstić information content (AvgIpc) is 2.34. The van der Waals surface area contributed by atoms with E-state index in [9.17, 15) is 18.0 Å². The van der Waals surface area contributed by atoms with Crippen LogP contribution in [0.15, 0.2) is 36.5 Å². The fourth-order valence-corrected chi connectivity index (χ4v) is 1.35. The minimum Gasteiger partial charge on any atom is -0.317 e. The zero-order valence-corrected chi connectivity index (χ0v) is 8.95. The van der Waals surface area contributed by atoms with Crippen molar-refractivity contribution in [3.05, 3.63) is 59.7 Å². The molecular formula is C12H7F3N2O. The summed E-state index contributed by atoms with van der Waals surface area (Å²) in [5.74, 6) is -3.85. The van der Waals surface area contributed by atoms with Crippen molar-refractivity contribution in [1.82, 2.24) is 4.98 Å². The lowest BCUT2D eigenvalue weighted by molar-refractivity contribution is 0.102. The minimum absolute atomic E-state index is 0.389. The highest BCUT2D eigenvalue weighted by Crippen LogP contribution is 2.19. The Hall–Kier alpha value is -2.37. The SMILES string of the molecule is O=C(Nc1c(F)cccc1F)c1cccnc1F. The maximum absolute atomic E-state index is 13.3. The molecule has 1 aromatic heterocycles. The number of nitrogens with zero attached hydrogens (tertiary/aromatic N) is 1. The van der Waals surface area contributed by atoms with Crippen LogP contribution in [-0.4, -0.2) is 10.9 Å². The number of aromatic nitrogens is 1. The van der Waals surface area contributed by atoms with Crippen molar-refractivity contribution in [3.8, 4) is 0 Å². The summed E-state index contributed by atoms with van der Waals surface area (Å²) in [6.07, 6.45) is 1.16. The molecule has 6 heteroatoms. The van der Waals surface area contributed by atoms with Crippen LogP contribution >= 0.6 is 0 Å². The smallest absolute Gasteiger partial charge is 0.260 e. The van der Waals surface area contributed by atoms with Crippen molar-refractivity contribution in [2.24, 2.45) is 0 Å². The summed E-state index contributed by atoms with van der Waals surface area (Å²) >= 11 is 0. The number of benzene rings is 1. The first-order valence-electron chi connectivity index (χ1n) is 4.95. The predicted molar refractivity (Wildman–Crippen MR) is 58.5 cm³/mol. The second-order valence-corrected chi connectivity index (χ2v) is 3.39. The van der Waals surface area contributed by atoms with Gasteiger partial charge in [-0.05, 0) is 24.3 Å². The second kappa shape index (κ2) is 4.87. The number of carbonyl (C=O) groups excluding carboxylic acids is 1. The topological polar surface area (TPSA) is 42.0 Å². The van der Waals surface area contributed by atoms with E-state index in [1.165, 1.54) is 6.07 Å². The number of pyridine rings is 1. The van der Waals surface area contributed by atoms with Crippen molar-refractivity contribution < 1.29 is 18.0 Å². The van der Waals surface area contributed by atoms with Crippen LogP contribution in [0.25, 0.3) is 0 Å². The van der Waals surface area contributed by atoms with Gasteiger partial charge in [-0.1, -0.05) is 6.07 Å². The van der Waals surface area contributed by atoms with Gasteiger partial charge in [-0.25, -0.2) is 13.8 Å². The number of rotatable bonds is 2. The molecule has 0 saturated heterocycles. The lowest BCUT2D eigenvalue weighted by Gasteiger charge is -2.07. The molecule has 1 N–H and O–H groups in total. The van der Waals surface area contributed by atoms with Crippen molar-refractivity contribution >= 4 is 11.6 Å². The van der Waals surface area contributed by atoms with Gasteiger partial charge in [0.1, 0.15) is 17.3 Å². The Bertz CT molecular complexity index is 581. The van der Waals surface area contributed by atoms with Gasteiger partial charge in [0.25, 0.3) is 5.91 Å². The maximum Gasteiger partial charge on any atom is 0.260 e. The monoisotopic (exact) mass is 252 g/mol. The molecule has 1 aromatic carbocycles. The normalized spacial score (nSPS) is 10.2. The summed E-state index contributed by atoms with van der Waals surface area (Å²) in [5, 5.41) is 1.97. The third-order valence-corrected chi connectivity index (χ3v) is 2.21. The van der Waals surface area contributed by atoms with Crippen LogP contribution in [0.2, 0.25) is 0 Å². The van der Waals surface area contributed by atoms with E-state index in [4.69, 9.17) is 0 Å². The van der Waals surface area contributed by atoms with E-state index in [0.717, 1.165) is 30.5 Å². The Labute approximate surface area is 100 Å². The van der Waals surface area contributed by atoms with E-state index in [1.54, 1.807) is 0 Å². The number of anilines is 1. The maximum atomic E-state index is 13.3. The molecule has 0 spiro atoms. The highest BCUT2D eigenvalue weighted by Gasteiger charge is 2.16. The standard InChI is InChI=1S/C12H7F3N2O/c13-8-4-1-5-9(14)10(8)17-12(18)7-3-2-6-16-11(7)15/h1-6H,(H,17,18). The van der Waals surface area contributed by atoms with Gasteiger partial charge in [0.2, 0.25) is 5.95 Å². The molecule has 0 aliphatic carbocycles. The first-order chi connectivity index (χ1) is 8.59. The minimum atomic E-state index is -1.01. The summed E-state index contributed by atoms with van der Waals surface area (Å²) in [6, 6.07) is 5.63. The molecule has 18 heavy (non-hydrogen) atoms. The highest BCUT2D eigenvalue weighted by atomic mass is 19.1. The van der Waals surface area contributed by atoms with Crippen LogP contribution in [0.3, 0.4) is 0 Å². The first kappa shape index (κ1) is 12.1. The summed E-state index contributed by atoms with van der Waals surface area (Å²) in [4.78, 5) is 14.9. The number of nitrogens with one attached hydrogen (secondary N) is 1. The Kier molecular flexibility index (Phi) is 3.27. The van der Waals surface area contributed by atoms with E-state index in [-0.39, 0.29) is 5.56 Å². The fraction of sp³-hybridized carbons (Fsp3) is 0. The van der Waals surface area contributed by atoms with Crippen molar-refractivity contribution in [2.45, 2.75) is 0 Å². The van der Waals surface area contributed by atoms with Gasteiger partial charge >= 0.3 is 0 Å². The molecular weight excluding hydrogens is 245 g/mol. The molecule has 1 amide bonds. The van der Waals surface area contributed by atoms with Crippen LogP contribution in [-0.2, 0) is 0 Å². The number of amides is 1. The predicted octanol–water partition coefficient (Wildman–Crippen LogP) is 2.75. The molecule has 0 aliphatic rings. The lowest BCUT2D eigenvalue weighted by Crippen LogP contribution is -2.16. The fourth-order valence-electron chi connectivity index (χ4n) is 1.35. The van der Waals surface area contributed by atoms with Crippen molar-refractivity contribution in [3.63, 3.8) is 0 Å². The molecule has 3 nitrogen and oxygen atoms in total. The van der Waals surface area contributed by atoms with Gasteiger partial charge in [-0.2, -0.15) is 4.39 Å². The van der Waals surface area contributed by atoms with Crippen LogP contribution in [0.1, 0.15) is 10.4 Å². The van der Waals surface area contributed by atoms with E-state index in [0.29, 0.717) is 0 Å². The Balaban J connectivity index is 2.30. The van der Waals surface area contributed by atoms with Gasteiger partial charge in [-0.15, -0.1) is 0 Å². The molecule has 0 bridgehead atoms. The van der Waals surface area contributed by atoms with Gasteiger partial charge in [-0.3, -0.25) is 4.79 Å². The number of hydrogen-bond donors (Lipinski definition) is 1. The molecule has 0 atom stereocenters. The zero-order valence-electron chi connectivity index (χ0n) is 8.95. The van der Waals surface area contributed by atoms with E-state index >= 15 is 0 Å². The molecule has 92 valence electrons. The first-order valence-corrected chi connectivity index (χ1v) is 4.95. The molecule has 0 unspecified atom stereocenters. The molecule has 0 saturated carbocycles. The third kappa shape index (κ3) is 2.32. The summed E-state index contributed by atoms with van der Waals surface area (Å²) in [7, 11) is 0. The van der Waals surface area contributed by atoms with Gasteiger partial charge in [0.15, 0.2) is 0 Å². The third-order valence-electron chi connectivity index (χ3n) is 2.21. The Morgan fingerprint density at radius 3 is 2.33 bits per heavy atom. The Morgan fingerprint density at radius 2 is 1.72 bits per heavy atom. The van der Waals surface area contributed by atoms with E-state index in [1.807, 2.05) is 5.32 Å². The summed E-state index contributed by atoms with van der Waals surface area (Å²) in [6.45, 7) is 0. The summed E-state index contributed by atoms with van der Waals surface area (Å²) in [5.41, 5.74) is -1.01. The molecule has 1 heterocycles. The quantitative estimate of drug-likeness (QED) is 0.835. The average molecular weight is 252 g/mol. The van der Waals surface area contributed by atoms with Crippen LogP contribution in [0, 0.1) is 17.6 Å². The number of hydrogen-bond acceptors (Lipinski definition) is 2. The van der Waals surface area contributed by atoms with Crippen LogP contribution in [0.5, 0.6) is 0 Å². The number of para-hydroxylation sites is 1. The number of carbonyl (C=O) groups is 1. The molecule has 2 aromatic rings. The van der Waals surface area contributed by atoms with Gasteiger partial charge < -0.3 is 5.32 Å². The Morgan fingerprint density at radius 1 is 1.06 bits per heavy atom. The van der Waals surface area contributed by atoms with Crippen molar-refractivity contribution in [1.29, 1.82) is 0 Å². The number of halogens is 3. The molecule has 0 radical (unpaired) electrons. The highest BCUT2D eigenvalue weighted by molar-refractivity contribution is 6.04. The second-order valence-electron chi connectivity index (χ2n) is 3.39. The molecule has 0 aliphatic heterocycles. The van der Waals surface area contributed by atoms with Crippen LogP contribution in [0.4, 0.5) is 18.9 Å². The van der Waals surface area contributed by atoms with E-state index in [2.05, 4.69) is 4.98 Å². The molecule has 0 fully saturated rings. The summed E-state index contributed by atoms with van der Waals surface area (Å²) < 4.78 is 39.7. The van der Waals surface area contributed by atoms with Gasteiger partial charge in [0, 0.05) is 6.20 Å². The van der Waals surface area contributed by atoms with E-state index < -0.39 is 29.2 Å². The van der Waals surface area contributed by atoms with Crippen LogP contribution < -0.4 is 5.32 Å². The zero-order chi connectivity index (χ0) is 13.1. The molecule has 2 rings (SSSR count). The van der Waals surface area contributed by atoms with Crippen molar-refractivity contribution in [2.75, 3.05) is 5.32 Å².